The molecule has 128 valence electrons. The van der Waals surface area contributed by atoms with Crippen LogP contribution >= 0.6 is 0 Å². The number of rotatable bonds is 5. The number of carbonyl (C=O) groups excluding carboxylic acids is 1. The van der Waals surface area contributed by atoms with E-state index in [1.165, 1.54) is 6.07 Å². The number of ether oxygens (including phenoxy) is 1. The van der Waals surface area contributed by atoms with E-state index >= 15 is 0 Å². The zero-order chi connectivity index (χ0) is 18.0. The molecule has 2 rings (SSSR count). The topological polar surface area (TPSA) is 93.5 Å². The molecule has 24 heavy (non-hydrogen) atoms. The summed E-state index contributed by atoms with van der Waals surface area (Å²) < 4.78 is 7.24. The number of carboxylic acids is 1. The number of aryl methyl sites for hydroxylation is 4. The Labute approximate surface area is 140 Å². The number of benzene rings is 1. The van der Waals surface area contributed by atoms with Crippen molar-refractivity contribution in [1.29, 1.82) is 0 Å². The fraction of sp³-hybridized carbons (Fsp3) is 0.353. The first-order valence-corrected chi connectivity index (χ1v) is 7.48. The van der Waals surface area contributed by atoms with Gasteiger partial charge < -0.3 is 15.2 Å². The minimum absolute atomic E-state index is 0.163. The standard InChI is InChI=1S/C17H21N3O4/c1-9-6-10(2)14(7-13(9)17(22)23)18-15(21)8-24-16-11(3)19-20(5)12(16)4/h6-7H,8H2,1-5H3,(H,18,21)(H,22,23). The Bertz CT molecular complexity index is 809. The largest absolute Gasteiger partial charge is 0.480 e. The lowest BCUT2D eigenvalue weighted by Gasteiger charge is -2.12. The van der Waals surface area contributed by atoms with Crippen LogP contribution in [0, 0.1) is 27.7 Å². The van der Waals surface area contributed by atoms with Crippen molar-refractivity contribution in [3.8, 4) is 5.75 Å². The van der Waals surface area contributed by atoms with Gasteiger partial charge in [0.1, 0.15) is 5.69 Å². The fourth-order valence-corrected chi connectivity index (χ4v) is 2.50. The van der Waals surface area contributed by atoms with Gasteiger partial charge in [0.25, 0.3) is 5.91 Å². The molecule has 0 atom stereocenters. The normalized spacial score (nSPS) is 10.5. The van der Waals surface area contributed by atoms with Crippen molar-refractivity contribution in [2.75, 3.05) is 11.9 Å². The number of anilines is 1. The van der Waals surface area contributed by atoms with Crippen LogP contribution in [0.2, 0.25) is 0 Å². The Morgan fingerprint density at radius 2 is 1.88 bits per heavy atom. The maximum absolute atomic E-state index is 12.1. The summed E-state index contributed by atoms with van der Waals surface area (Å²) in [6.07, 6.45) is 0. The molecular weight excluding hydrogens is 310 g/mol. The number of amides is 1. The van der Waals surface area contributed by atoms with Crippen molar-refractivity contribution < 1.29 is 19.4 Å². The highest BCUT2D eigenvalue weighted by atomic mass is 16.5. The van der Waals surface area contributed by atoms with Gasteiger partial charge in [-0.05, 0) is 44.9 Å². The lowest BCUT2D eigenvalue weighted by Crippen LogP contribution is -2.21. The Morgan fingerprint density at radius 3 is 2.42 bits per heavy atom. The van der Waals surface area contributed by atoms with Crippen molar-refractivity contribution in [3.63, 3.8) is 0 Å². The molecule has 0 fully saturated rings. The summed E-state index contributed by atoms with van der Waals surface area (Å²) >= 11 is 0. The van der Waals surface area contributed by atoms with Gasteiger partial charge in [0, 0.05) is 12.7 Å². The van der Waals surface area contributed by atoms with Crippen LogP contribution in [0.3, 0.4) is 0 Å². The van der Waals surface area contributed by atoms with E-state index in [1.807, 2.05) is 20.8 Å². The number of carboxylic acid groups (broad SMARTS) is 1. The van der Waals surface area contributed by atoms with Gasteiger partial charge >= 0.3 is 5.97 Å². The van der Waals surface area contributed by atoms with Crippen molar-refractivity contribution >= 4 is 17.6 Å². The molecule has 1 heterocycles. The predicted octanol–water partition coefficient (Wildman–Crippen LogP) is 2.37. The van der Waals surface area contributed by atoms with Gasteiger partial charge in [0.15, 0.2) is 12.4 Å². The molecule has 0 aliphatic carbocycles. The maximum Gasteiger partial charge on any atom is 0.336 e. The zero-order valence-corrected chi connectivity index (χ0v) is 14.4. The summed E-state index contributed by atoms with van der Waals surface area (Å²) in [5.41, 5.74) is 3.61. The molecular formula is C17H21N3O4. The number of hydrogen-bond acceptors (Lipinski definition) is 4. The Hall–Kier alpha value is -2.83. The van der Waals surface area contributed by atoms with E-state index < -0.39 is 5.97 Å². The van der Waals surface area contributed by atoms with Crippen molar-refractivity contribution in [2.24, 2.45) is 7.05 Å². The van der Waals surface area contributed by atoms with Gasteiger partial charge in [-0.25, -0.2) is 4.79 Å². The Balaban J connectivity index is 2.10. The average molecular weight is 331 g/mol. The van der Waals surface area contributed by atoms with Gasteiger partial charge in [-0.15, -0.1) is 0 Å². The number of nitrogens with zero attached hydrogens (tertiary/aromatic N) is 2. The molecule has 2 aromatic rings. The molecule has 7 heteroatoms. The number of carbonyl (C=O) groups is 2. The molecule has 0 saturated carbocycles. The summed E-state index contributed by atoms with van der Waals surface area (Å²) in [7, 11) is 1.80. The first-order chi connectivity index (χ1) is 11.2. The molecule has 0 aliphatic heterocycles. The third kappa shape index (κ3) is 3.56. The molecule has 0 unspecified atom stereocenters. The van der Waals surface area contributed by atoms with Crippen LogP contribution in [-0.2, 0) is 11.8 Å². The summed E-state index contributed by atoms with van der Waals surface area (Å²) in [5, 5.41) is 16.1. The molecule has 7 nitrogen and oxygen atoms in total. The summed E-state index contributed by atoms with van der Waals surface area (Å²) in [5.74, 6) is -0.804. The lowest BCUT2D eigenvalue weighted by molar-refractivity contribution is -0.118. The Morgan fingerprint density at radius 1 is 1.21 bits per heavy atom. The van der Waals surface area contributed by atoms with Crippen molar-refractivity contribution in [3.05, 3.63) is 40.2 Å². The number of aromatic carboxylic acids is 1. The first kappa shape index (κ1) is 17.5. The lowest BCUT2D eigenvalue weighted by atomic mass is 10.0. The van der Waals surface area contributed by atoms with Crippen LogP contribution in [0.4, 0.5) is 5.69 Å². The van der Waals surface area contributed by atoms with E-state index in [4.69, 9.17) is 4.74 Å². The van der Waals surface area contributed by atoms with Crippen LogP contribution in [0.1, 0.15) is 32.9 Å². The molecule has 0 bridgehead atoms. The average Bonchev–Trinajstić information content (AvgIpc) is 2.72. The van der Waals surface area contributed by atoms with E-state index in [-0.39, 0.29) is 18.1 Å². The summed E-state index contributed by atoms with van der Waals surface area (Å²) in [6, 6.07) is 3.20. The van der Waals surface area contributed by atoms with E-state index in [1.54, 1.807) is 24.7 Å². The van der Waals surface area contributed by atoms with Crippen molar-refractivity contribution in [1.82, 2.24) is 9.78 Å². The summed E-state index contributed by atoms with van der Waals surface area (Å²) in [6.45, 7) is 7.02. The van der Waals surface area contributed by atoms with E-state index in [0.717, 1.165) is 11.3 Å². The van der Waals surface area contributed by atoms with E-state index in [0.29, 0.717) is 22.7 Å². The minimum Gasteiger partial charge on any atom is -0.480 e. The summed E-state index contributed by atoms with van der Waals surface area (Å²) in [4.78, 5) is 23.3. The predicted molar refractivity (Wildman–Crippen MR) is 89.7 cm³/mol. The minimum atomic E-state index is -1.03. The van der Waals surface area contributed by atoms with Crippen LogP contribution in [-0.4, -0.2) is 33.4 Å². The first-order valence-electron chi connectivity index (χ1n) is 7.48. The molecule has 0 saturated heterocycles. The van der Waals surface area contributed by atoms with Crippen LogP contribution in [0.5, 0.6) is 5.75 Å². The number of aromatic nitrogens is 2. The highest BCUT2D eigenvalue weighted by Gasteiger charge is 2.15. The Kier molecular flexibility index (Phi) is 4.92. The smallest absolute Gasteiger partial charge is 0.336 e. The third-order valence-corrected chi connectivity index (χ3v) is 3.87. The second-order valence-corrected chi connectivity index (χ2v) is 5.75. The SMILES string of the molecule is Cc1cc(C)c(C(=O)O)cc1NC(=O)COc1c(C)nn(C)c1C. The van der Waals surface area contributed by atoms with Gasteiger partial charge in [-0.3, -0.25) is 9.48 Å². The monoisotopic (exact) mass is 331 g/mol. The number of nitrogens with one attached hydrogen (secondary N) is 1. The van der Waals surface area contributed by atoms with Crippen molar-refractivity contribution in [2.45, 2.75) is 27.7 Å². The molecule has 1 aromatic heterocycles. The number of hydrogen-bond donors (Lipinski definition) is 2. The fourth-order valence-electron chi connectivity index (χ4n) is 2.50. The maximum atomic E-state index is 12.1. The van der Waals surface area contributed by atoms with Crippen LogP contribution in [0.25, 0.3) is 0 Å². The van der Waals surface area contributed by atoms with E-state index in [2.05, 4.69) is 10.4 Å². The molecule has 1 amide bonds. The molecule has 0 aliphatic rings. The van der Waals surface area contributed by atoms with Gasteiger partial charge in [0.2, 0.25) is 0 Å². The zero-order valence-electron chi connectivity index (χ0n) is 14.4. The molecule has 1 aromatic carbocycles. The molecule has 0 spiro atoms. The second-order valence-electron chi connectivity index (χ2n) is 5.75. The van der Waals surface area contributed by atoms with Crippen LogP contribution in [0.15, 0.2) is 12.1 Å². The van der Waals surface area contributed by atoms with Crippen LogP contribution < -0.4 is 10.1 Å². The highest BCUT2D eigenvalue weighted by Crippen LogP contribution is 2.23. The second kappa shape index (κ2) is 6.74. The highest BCUT2D eigenvalue weighted by molar-refractivity contribution is 5.96. The quantitative estimate of drug-likeness (QED) is 0.877. The van der Waals surface area contributed by atoms with Gasteiger partial charge in [-0.1, -0.05) is 6.07 Å². The molecule has 2 N–H and O–H groups in total. The van der Waals surface area contributed by atoms with Gasteiger partial charge in [-0.2, -0.15) is 5.10 Å². The third-order valence-electron chi connectivity index (χ3n) is 3.87. The van der Waals surface area contributed by atoms with E-state index in [9.17, 15) is 14.7 Å². The van der Waals surface area contributed by atoms with Gasteiger partial charge in [0.05, 0.1) is 11.3 Å². The molecule has 0 radical (unpaired) electrons.